The minimum absolute atomic E-state index is 0.184. The van der Waals surface area contributed by atoms with E-state index >= 15 is 0 Å². The Morgan fingerprint density at radius 2 is 1.95 bits per heavy atom. The molecular formula is C14H12N6O2. The van der Waals surface area contributed by atoms with E-state index in [1.54, 1.807) is 49.1 Å². The number of carbonyl (C=O) groups is 1. The molecule has 1 amide bonds. The van der Waals surface area contributed by atoms with Crippen molar-refractivity contribution in [1.29, 1.82) is 0 Å². The maximum atomic E-state index is 12.0. The average Bonchev–Trinajstić information content (AvgIpc) is 3.05. The highest BCUT2D eigenvalue weighted by Crippen LogP contribution is 2.03. The Morgan fingerprint density at radius 1 is 1.14 bits per heavy atom. The summed E-state index contributed by atoms with van der Waals surface area (Å²) in [5, 5.41) is 10.8. The molecule has 0 saturated carbocycles. The van der Waals surface area contributed by atoms with Crippen molar-refractivity contribution in [3.8, 4) is 5.82 Å². The third kappa shape index (κ3) is 3.06. The van der Waals surface area contributed by atoms with E-state index in [0.717, 1.165) is 4.68 Å². The number of hydrogen-bond donors (Lipinski definition) is 1. The monoisotopic (exact) mass is 296 g/mol. The number of pyridine rings is 1. The number of aromatic nitrogens is 5. The first kappa shape index (κ1) is 13.7. The fraction of sp³-hybridized carbons (Fsp3) is 0.0714. The van der Waals surface area contributed by atoms with E-state index in [4.69, 9.17) is 0 Å². The van der Waals surface area contributed by atoms with E-state index in [1.807, 2.05) is 0 Å². The highest BCUT2D eigenvalue weighted by molar-refractivity contribution is 5.90. The molecule has 110 valence electrons. The molecule has 22 heavy (non-hydrogen) atoms. The second kappa shape index (κ2) is 6.00. The van der Waals surface area contributed by atoms with Crippen LogP contribution in [-0.2, 0) is 11.3 Å². The quantitative estimate of drug-likeness (QED) is 0.755. The lowest BCUT2D eigenvalue weighted by molar-refractivity contribution is -0.117. The molecule has 0 saturated heterocycles. The zero-order valence-electron chi connectivity index (χ0n) is 11.5. The Labute approximate surface area is 125 Å². The Bertz CT molecular complexity index is 826. The van der Waals surface area contributed by atoms with Crippen LogP contribution in [0.15, 0.2) is 59.9 Å². The van der Waals surface area contributed by atoms with Crippen LogP contribution in [0.2, 0.25) is 0 Å². The van der Waals surface area contributed by atoms with Gasteiger partial charge in [0.25, 0.3) is 5.56 Å². The molecule has 3 rings (SSSR count). The zero-order valence-corrected chi connectivity index (χ0v) is 11.5. The number of rotatable bonds is 4. The Hall–Kier alpha value is -3.29. The lowest BCUT2D eigenvalue weighted by Gasteiger charge is -2.08. The number of amides is 1. The molecule has 0 aromatic carbocycles. The van der Waals surface area contributed by atoms with Gasteiger partial charge in [0.05, 0.1) is 0 Å². The van der Waals surface area contributed by atoms with Gasteiger partial charge in [-0.25, -0.2) is 9.36 Å². The summed E-state index contributed by atoms with van der Waals surface area (Å²) in [6, 6.07) is 7.96. The summed E-state index contributed by atoms with van der Waals surface area (Å²) < 4.78 is 2.60. The molecule has 3 aromatic heterocycles. The summed E-state index contributed by atoms with van der Waals surface area (Å²) in [5.74, 6) is 0.111. The first-order valence-electron chi connectivity index (χ1n) is 6.50. The highest BCUT2D eigenvalue weighted by Gasteiger charge is 2.08. The smallest absolute Gasteiger partial charge is 0.267 e. The molecule has 8 heteroatoms. The minimum atomic E-state index is -0.360. The molecule has 3 aromatic rings. The fourth-order valence-electron chi connectivity index (χ4n) is 1.85. The molecule has 0 atom stereocenters. The lowest BCUT2D eigenvalue weighted by Crippen LogP contribution is -2.30. The normalized spacial score (nSPS) is 10.4. The predicted octanol–water partition coefficient (Wildman–Crippen LogP) is 0.463. The van der Waals surface area contributed by atoms with E-state index < -0.39 is 0 Å². The summed E-state index contributed by atoms with van der Waals surface area (Å²) in [7, 11) is 0. The van der Waals surface area contributed by atoms with E-state index in [2.05, 4.69) is 20.5 Å². The fourth-order valence-corrected chi connectivity index (χ4v) is 1.85. The van der Waals surface area contributed by atoms with Gasteiger partial charge >= 0.3 is 0 Å². The van der Waals surface area contributed by atoms with Gasteiger partial charge < -0.3 is 5.32 Å². The Kier molecular flexibility index (Phi) is 3.73. The van der Waals surface area contributed by atoms with E-state index in [9.17, 15) is 9.59 Å². The topological polar surface area (TPSA) is 94.7 Å². The van der Waals surface area contributed by atoms with Gasteiger partial charge in [-0.1, -0.05) is 0 Å². The molecule has 1 N–H and O–H groups in total. The number of nitrogens with one attached hydrogen (secondary N) is 1. The van der Waals surface area contributed by atoms with Crippen LogP contribution in [0.1, 0.15) is 0 Å². The van der Waals surface area contributed by atoms with Crippen LogP contribution in [0, 0.1) is 0 Å². The van der Waals surface area contributed by atoms with Gasteiger partial charge in [-0.05, 0) is 24.3 Å². The van der Waals surface area contributed by atoms with Gasteiger partial charge in [-0.15, -0.1) is 5.10 Å². The largest absolute Gasteiger partial charge is 0.324 e. The van der Waals surface area contributed by atoms with Crippen molar-refractivity contribution in [3.63, 3.8) is 0 Å². The summed E-state index contributed by atoms with van der Waals surface area (Å²) in [6.45, 7) is -0.184. The van der Waals surface area contributed by atoms with Crippen LogP contribution in [-0.4, -0.2) is 30.5 Å². The van der Waals surface area contributed by atoms with E-state index in [1.165, 1.54) is 10.7 Å². The molecule has 0 spiro atoms. The third-order valence-electron chi connectivity index (χ3n) is 2.85. The van der Waals surface area contributed by atoms with E-state index in [0.29, 0.717) is 11.5 Å². The Morgan fingerprint density at radius 3 is 2.68 bits per heavy atom. The first-order chi connectivity index (χ1) is 10.7. The van der Waals surface area contributed by atoms with Crippen LogP contribution in [0.5, 0.6) is 0 Å². The predicted molar refractivity (Wildman–Crippen MR) is 78.5 cm³/mol. The van der Waals surface area contributed by atoms with Gasteiger partial charge in [-0.2, -0.15) is 5.10 Å². The third-order valence-corrected chi connectivity index (χ3v) is 2.85. The molecule has 3 heterocycles. The molecule has 0 fully saturated rings. The number of nitrogens with zero attached hydrogens (tertiary/aromatic N) is 5. The molecule has 0 aliphatic rings. The van der Waals surface area contributed by atoms with Crippen LogP contribution in [0.25, 0.3) is 5.82 Å². The summed E-state index contributed by atoms with van der Waals surface area (Å²) in [5.41, 5.74) is 0.247. The molecule has 0 aliphatic heterocycles. The highest BCUT2D eigenvalue weighted by atomic mass is 16.2. The van der Waals surface area contributed by atoms with Crippen LogP contribution in [0.4, 0.5) is 5.69 Å². The minimum Gasteiger partial charge on any atom is -0.324 e. The van der Waals surface area contributed by atoms with Gasteiger partial charge in [-0.3, -0.25) is 14.6 Å². The summed E-state index contributed by atoms with van der Waals surface area (Å²) in [4.78, 5) is 27.7. The van der Waals surface area contributed by atoms with Crippen molar-refractivity contribution in [1.82, 2.24) is 24.5 Å². The maximum absolute atomic E-state index is 12.0. The van der Waals surface area contributed by atoms with Gasteiger partial charge in [0, 0.05) is 36.5 Å². The van der Waals surface area contributed by atoms with Crippen molar-refractivity contribution in [2.45, 2.75) is 6.54 Å². The number of hydrogen-bond acceptors (Lipinski definition) is 5. The molecular weight excluding hydrogens is 284 g/mol. The van der Waals surface area contributed by atoms with Crippen LogP contribution >= 0.6 is 0 Å². The summed E-state index contributed by atoms with van der Waals surface area (Å²) in [6.07, 6.45) is 6.44. The standard InChI is InChI=1S/C14H12N6O2/c21-13(17-11-4-7-15-8-5-11)10-20-14(22)3-2-12(18-20)19-9-1-6-16-19/h1-9H,10H2,(H,15,17,21). The average molecular weight is 296 g/mol. The van der Waals surface area contributed by atoms with Crippen molar-refractivity contribution >= 4 is 11.6 Å². The SMILES string of the molecule is O=C(Cn1nc(-n2cccn2)ccc1=O)Nc1ccncc1. The molecule has 0 radical (unpaired) electrons. The molecule has 0 bridgehead atoms. The summed E-state index contributed by atoms with van der Waals surface area (Å²) >= 11 is 0. The van der Waals surface area contributed by atoms with Gasteiger partial charge in [0.1, 0.15) is 6.54 Å². The maximum Gasteiger partial charge on any atom is 0.267 e. The zero-order chi connectivity index (χ0) is 15.4. The molecule has 8 nitrogen and oxygen atoms in total. The van der Waals surface area contributed by atoms with Gasteiger partial charge in [0.15, 0.2) is 5.82 Å². The van der Waals surface area contributed by atoms with E-state index in [-0.39, 0.29) is 18.0 Å². The molecule has 0 aliphatic carbocycles. The lowest BCUT2D eigenvalue weighted by atomic mass is 10.4. The van der Waals surface area contributed by atoms with Crippen molar-refractivity contribution in [2.24, 2.45) is 0 Å². The molecule has 0 unspecified atom stereocenters. The van der Waals surface area contributed by atoms with Crippen molar-refractivity contribution < 1.29 is 4.79 Å². The Balaban J connectivity index is 1.78. The second-order valence-electron chi connectivity index (χ2n) is 4.42. The first-order valence-corrected chi connectivity index (χ1v) is 6.50. The number of anilines is 1. The second-order valence-corrected chi connectivity index (χ2v) is 4.42. The van der Waals surface area contributed by atoms with Crippen LogP contribution < -0.4 is 10.9 Å². The van der Waals surface area contributed by atoms with Crippen LogP contribution in [0.3, 0.4) is 0 Å². The van der Waals surface area contributed by atoms with Crippen molar-refractivity contribution in [2.75, 3.05) is 5.32 Å². The van der Waals surface area contributed by atoms with Crippen molar-refractivity contribution in [3.05, 3.63) is 65.5 Å². The van der Waals surface area contributed by atoms with Gasteiger partial charge in [0.2, 0.25) is 5.91 Å². The number of carbonyl (C=O) groups excluding carboxylic acids is 1.